The van der Waals surface area contributed by atoms with Gasteiger partial charge in [0.1, 0.15) is 5.75 Å². The molecule has 3 nitrogen and oxygen atoms in total. The third kappa shape index (κ3) is 3.17. The van der Waals surface area contributed by atoms with Gasteiger partial charge in [0, 0.05) is 29.1 Å². The topological polar surface area (TPSA) is 33.6 Å². The van der Waals surface area contributed by atoms with Crippen molar-refractivity contribution in [3.63, 3.8) is 0 Å². The molecule has 2 aromatic carbocycles. The minimum absolute atomic E-state index is 0.520. The van der Waals surface area contributed by atoms with E-state index in [1.165, 1.54) is 18.0 Å². The van der Waals surface area contributed by atoms with E-state index in [9.17, 15) is 8.78 Å². The third-order valence-corrected chi connectivity index (χ3v) is 3.83. The molecule has 0 radical (unpaired) electrons. The van der Waals surface area contributed by atoms with Crippen molar-refractivity contribution in [3.8, 4) is 5.75 Å². The van der Waals surface area contributed by atoms with Crippen LogP contribution in [0.2, 0.25) is 0 Å². The molecule has 23 heavy (non-hydrogen) atoms. The Morgan fingerprint density at radius 3 is 2.57 bits per heavy atom. The first-order valence-electron chi connectivity index (χ1n) is 7.07. The largest absolute Gasteiger partial charge is 0.466 e. The van der Waals surface area contributed by atoms with E-state index in [2.05, 4.69) is 9.71 Å². The van der Waals surface area contributed by atoms with Crippen LogP contribution in [0.25, 0.3) is 0 Å². The van der Waals surface area contributed by atoms with Crippen LogP contribution in [0.1, 0.15) is 25.0 Å². The van der Waals surface area contributed by atoms with Gasteiger partial charge in [0.15, 0.2) is 17.4 Å². The van der Waals surface area contributed by atoms with Gasteiger partial charge in [-0.25, -0.2) is 13.8 Å². The molecule has 3 rings (SSSR count). The van der Waals surface area contributed by atoms with Gasteiger partial charge in [-0.15, -0.1) is 0 Å². The molecular formula is C17H16F2N2OS. The van der Waals surface area contributed by atoms with E-state index in [0.717, 1.165) is 23.4 Å². The number of halogens is 2. The lowest BCUT2D eigenvalue weighted by atomic mass is 9.98. The van der Waals surface area contributed by atoms with Crippen molar-refractivity contribution in [2.24, 2.45) is 4.99 Å². The summed E-state index contributed by atoms with van der Waals surface area (Å²) in [5.41, 5.74) is 1.98. The zero-order valence-electron chi connectivity index (χ0n) is 13.0. The molecule has 2 aromatic rings. The number of nitrogens with zero attached hydrogens (tertiary/aromatic N) is 1. The summed E-state index contributed by atoms with van der Waals surface area (Å²) in [6, 6.07) is 9.43. The molecule has 0 fully saturated rings. The quantitative estimate of drug-likeness (QED) is 0.832. The van der Waals surface area contributed by atoms with E-state index >= 15 is 0 Å². The zero-order chi connectivity index (χ0) is 16.6. The van der Waals surface area contributed by atoms with Gasteiger partial charge < -0.3 is 9.46 Å². The first-order valence-corrected chi connectivity index (χ1v) is 8.30. The van der Waals surface area contributed by atoms with E-state index in [0.29, 0.717) is 17.0 Å². The third-order valence-electron chi connectivity index (χ3n) is 3.39. The normalized spacial score (nSPS) is 15.4. The van der Waals surface area contributed by atoms with Gasteiger partial charge in [0.25, 0.3) is 0 Å². The van der Waals surface area contributed by atoms with Crippen molar-refractivity contribution < 1.29 is 13.5 Å². The van der Waals surface area contributed by atoms with E-state index < -0.39 is 17.4 Å². The number of hydrogen-bond acceptors (Lipinski definition) is 4. The standard InChI is InChI=1S/C17H16F2N2OS/c1-17(2)20-16(10-4-7-13(18)14(19)8-10)12-6-5-11(21-23-3)9-15(12)22-17/h4-9,21H,1-3H3. The van der Waals surface area contributed by atoms with Crippen molar-refractivity contribution >= 4 is 23.3 Å². The average molecular weight is 334 g/mol. The predicted octanol–water partition coefficient (Wildman–Crippen LogP) is 4.62. The highest BCUT2D eigenvalue weighted by Crippen LogP contribution is 2.35. The molecule has 0 unspecified atom stereocenters. The maximum Gasteiger partial charge on any atom is 0.195 e. The van der Waals surface area contributed by atoms with Crippen LogP contribution in [-0.2, 0) is 0 Å². The lowest BCUT2D eigenvalue weighted by Gasteiger charge is -2.30. The van der Waals surface area contributed by atoms with E-state index in [4.69, 9.17) is 4.74 Å². The highest BCUT2D eigenvalue weighted by atomic mass is 32.2. The fourth-order valence-electron chi connectivity index (χ4n) is 2.47. The Kier molecular flexibility index (Phi) is 4.02. The van der Waals surface area contributed by atoms with Crippen molar-refractivity contribution in [1.29, 1.82) is 0 Å². The number of rotatable bonds is 3. The fraction of sp³-hybridized carbons (Fsp3) is 0.235. The summed E-state index contributed by atoms with van der Waals surface area (Å²) in [5, 5.41) is 0. The summed E-state index contributed by atoms with van der Waals surface area (Å²) in [6.07, 6.45) is 1.93. The van der Waals surface area contributed by atoms with Gasteiger partial charge in [0.05, 0.1) is 5.71 Å². The molecule has 0 bridgehead atoms. The first-order chi connectivity index (χ1) is 10.9. The maximum absolute atomic E-state index is 13.6. The maximum atomic E-state index is 13.6. The number of nitrogens with one attached hydrogen (secondary N) is 1. The molecule has 0 aliphatic carbocycles. The molecule has 0 saturated carbocycles. The van der Waals surface area contributed by atoms with Crippen molar-refractivity contribution in [2.75, 3.05) is 11.0 Å². The second-order valence-electron chi connectivity index (χ2n) is 5.66. The molecule has 0 spiro atoms. The summed E-state index contributed by atoms with van der Waals surface area (Å²) >= 11 is 1.48. The van der Waals surface area contributed by atoms with Crippen LogP contribution in [0.4, 0.5) is 14.5 Å². The predicted molar refractivity (Wildman–Crippen MR) is 90.3 cm³/mol. The van der Waals surface area contributed by atoms with Crippen LogP contribution in [0.5, 0.6) is 5.75 Å². The minimum atomic E-state index is -0.892. The SMILES string of the molecule is CSNc1ccc2c(c1)OC(C)(C)N=C2c1ccc(F)c(F)c1. The Morgan fingerprint density at radius 2 is 1.87 bits per heavy atom. The van der Waals surface area contributed by atoms with E-state index in [-0.39, 0.29) is 0 Å². The molecule has 1 aliphatic rings. The average Bonchev–Trinajstić information content (AvgIpc) is 2.48. The Labute approximate surface area is 137 Å². The Balaban J connectivity index is 2.12. The van der Waals surface area contributed by atoms with Gasteiger partial charge in [0.2, 0.25) is 0 Å². The summed E-state index contributed by atoms with van der Waals surface area (Å²) in [4.78, 5) is 4.55. The van der Waals surface area contributed by atoms with Crippen molar-refractivity contribution in [1.82, 2.24) is 0 Å². The number of aliphatic imine (C=N–C) groups is 1. The van der Waals surface area contributed by atoms with Crippen LogP contribution >= 0.6 is 11.9 Å². The van der Waals surface area contributed by atoms with Gasteiger partial charge in [-0.3, -0.25) is 0 Å². The molecule has 0 aromatic heterocycles. The van der Waals surface area contributed by atoms with Gasteiger partial charge >= 0.3 is 0 Å². The number of benzene rings is 2. The van der Waals surface area contributed by atoms with Crippen LogP contribution in [-0.4, -0.2) is 17.7 Å². The first kappa shape index (κ1) is 15.8. The second-order valence-corrected chi connectivity index (χ2v) is 6.27. The Hall–Kier alpha value is -2.08. The molecule has 120 valence electrons. The summed E-state index contributed by atoms with van der Waals surface area (Å²) in [7, 11) is 0. The lowest BCUT2D eigenvalue weighted by Crippen LogP contribution is -2.32. The molecule has 1 aliphatic heterocycles. The number of anilines is 1. The number of ether oxygens (including phenoxy) is 1. The summed E-state index contributed by atoms with van der Waals surface area (Å²) < 4.78 is 35.8. The number of fused-ring (bicyclic) bond motifs is 1. The van der Waals surface area contributed by atoms with E-state index in [1.807, 2.05) is 38.3 Å². The molecular weight excluding hydrogens is 318 g/mol. The zero-order valence-corrected chi connectivity index (χ0v) is 13.8. The highest BCUT2D eigenvalue weighted by Gasteiger charge is 2.29. The highest BCUT2D eigenvalue weighted by molar-refractivity contribution is 7.99. The molecule has 0 amide bonds. The van der Waals surface area contributed by atoms with Gasteiger partial charge in [-0.2, -0.15) is 0 Å². The minimum Gasteiger partial charge on any atom is -0.466 e. The van der Waals surface area contributed by atoms with Crippen LogP contribution in [0, 0.1) is 11.6 Å². The van der Waals surface area contributed by atoms with Crippen LogP contribution < -0.4 is 9.46 Å². The molecule has 6 heteroatoms. The molecule has 0 saturated heterocycles. The van der Waals surface area contributed by atoms with Crippen molar-refractivity contribution in [2.45, 2.75) is 19.6 Å². The molecule has 0 atom stereocenters. The number of hydrogen-bond donors (Lipinski definition) is 1. The molecule has 1 N–H and O–H groups in total. The lowest BCUT2D eigenvalue weighted by molar-refractivity contribution is 0.115. The Bertz CT molecular complexity index is 790. The van der Waals surface area contributed by atoms with Gasteiger partial charge in [-0.05, 0) is 44.2 Å². The second kappa shape index (κ2) is 5.85. The van der Waals surface area contributed by atoms with Crippen LogP contribution in [0.15, 0.2) is 41.4 Å². The van der Waals surface area contributed by atoms with Crippen molar-refractivity contribution in [3.05, 3.63) is 59.2 Å². The summed E-state index contributed by atoms with van der Waals surface area (Å²) in [5.74, 6) is -1.11. The van der Waals surface area contributed by atoms with Gasteiger partial charge in [-0.1, -0.05) is 11.9 Å². The fourth-order valence-corrected chi connectivity index (χ4v) is 2.83. The molecule has 1 heterocycles. The van der Waals surface area contributed by atoms with E-state index in [1.54, 1.807) is 0 Å². The monoisotopic (exact) mass is 334 g/mol. The summed E-state index contributed by atoms with van der Waals surface area (Å²) in [6.45, 7) is 3.65. The smallest absolute Gasteiger partial charge is 0.195 e. The Morgan fingerprint density at radius 1 is 1.09 bits per heavy atom. The van der Waals surface area contributed by atoms with Crippen LogP contribution in [0.3, 0.4) is 0 Å².